The lowest BCUT2D eigenvalue weighted by atomic mass is 10.0. The van der Waals surface area contributed by atoms with E-state index in [2.05, 4.69) is 22.2 Å². The van der Waals surface area contributed by atoms with E-state index in [4.69, 9.17) is 4.74 Å². The molecule has 0 amide bonds. The van der Waals surface area contributed by atoms with Crippen molar-refractivity contribution in [1.82, 2.24) is 15.2 Å². The molecular weight excluding hydrogens is 218 g/mol. The summed E-state index contributed by atoms with van der Waals surface area (Å²) in [7, 11) is 3.46. The van der Waals surface area contributed by atoms with Gasteiger partial charge in [0, 0.05) is 38.1 Å². The summed E-state index contributed by atoms with van der Waals surface area (Å²) in [6.45, 7) is 2.87. The predicted molar refractivity (Wildman–Crippen MR) is 63.8 cm³/mol. The van der Waals surface area contributed by atoms with Crippen molar-refractivity contribution in [2.45, 2.75) is 6.04 Å². The Morgan fingerprint density at radius 3 is 3.12 bits per heavy atom. The average molecular weight is 235 g/mol. The third-order valence-corrected chi connectivity index (χ3v) is 3.08. The number of piperazine rings is 1. The standard InChI is InChI=1S/C12H17N3O2/c1-15-4-3-13-8-11(15)9-5-10(7-14-6-9)12(16)17-2/h5-7,11,13H,3-4,8H2,1-2H3. The summed E-state index contributed by atoms with van der Waals surface area (Å²) in [5.74, 6) is -0.342. The molecule has 1 aromatic rings. The van der Waals surface area contributed by atoms with E-state index < -0.39 is 0 Å². The van der Waals surface area contributed by atoms with Gasteiger partial charge in [0.25, 0.3) is 0 Å². The van der Waals surface area contributed by atoms with E-state index in [1.807, 2.05) is 6.07 Å². The minimum atomic E-state index is -0.342. The number of hydrogen-bond acceptors (Lipinski definition) is 5. The van der Waals surface area contributed by atoms with Crippen LogP contribution in [0.2, 0.25) is 0 Å². The van der Waals surface area contributed by atoms with Gasteiger partial charge in [0.05, 0.1) is 12.7 Å². The van der Waals surface area contributed by atoms with Crippen LogP contribution in [-0.4, -0.2) is 49.6 Å². The largest absolute Gasteiger partial charge is 0.465 e. The van der Waals surface area contributed by atoms with Crippen molar-refractivity contribution >= 4 is 5.97 Å². The molecule has 0 aliphatic carbocycles. The number of hydrogen-bond donors (Lipinski definition) is 1. The van der Waals surface area contributed by atoms with Gasteiger partial charge in [-0.05, 0) is 18.7 Å². The second kappa shape index (κ2) is 5.25. The molecule has 1 unspecified atom stereocenters. The zero-order valence-electron chi connectivity index (χ0n) is 10.1. The fourth-order valence-electron chi connectivity index (χ4n) is 2.05. The number of pyridine rings is 1. The van der Waals surface area contributed by atoms with Crippen molar-refractivity contribution in [2.75, 3.05) is 33.8 Å². The summed E-state index contributed by atoms with van der Waals surface area (Å²) in [5, 5.41) is 3.34. The van der Waals surface area contributed by atoms with Gasteiger partial charge >= 0.3 is 5.97 Å². The molecule has 1 N–H and O–H groups in total. The maximum atomic E-state index is 11.4. The molecule has 0 bridgehead atoms. The maximum absolute atomic E-state index is 11.4. The second-order valence-corrected chi connectivity index (χ2v) is 4.20. The van der Waals surface area contributed by atoms with Gasteiger partial charge in [0.1, 0.15) is 0 Å². The van der Waals surface area contributed by atoms with Crippen LogP contribution in [0.4, 0.5) is 0 Å². The van der Waals surface area contributed by atoms with Gasteiger partial charge in [0.15, 0.2) is 0 Å². The minimum Gasteiger partial charge on any atom is -0.465 e. The molecule has 0 saturated carbocycles. The van der Waals surface area contributed by atoms with Gasteiger partial charge in [-0.1, -0.05) is 0 Å². The van der Waals surface area contributed by atoms with E-state index in [1.165, 1.54) is 13.3 Å². The highest BCUT2D eigenvalue weighted by atomic mass is 16.5. The summed E-state index contributed by atoms with van der Waals surface area (Å²) in [6.07, 6.45) is 3.34. The third-order valence-electron chi connectivity index (χ3n) is 3.08. The number of aromatic nitrogens is 1. The van der Waals surface area contributed by atoms with Crippen LogP contribution in [-0.2, 0) is 4.74 Å². The average Bonchev–Trinajstić information content (AvgIpc) is 2.38. The van der Waals surface area contributed by atoms with Crippen molar-refractivity contribution in [1.29, 1.82) is 0 Å². The molecule has 2 rings (SSSR count). The van der Waals surface area contributed by atoms with Crippen LogP contribution in [0.15, 0.2) is 18.5 Å². The summed E-state index contributed by atoms with van der Waals surface area (Å²) in [6, 6.07) is 2.12. The molecule has 1 aromatic heterocycles. The maximum Gasteiger partial charge on any atom is 0.339 e. The molecule has 0 spiro atoms. The molecule has 1 aliphatic heterocycles. The fraction of sp³-hybridized carbons (Fsp3) is 0.500. The molecule has 17 heavy (non-hydrogen) atoms. The Kier molecular flexibility index (Phi) is 3.71. The van der Waals surface area contributed by atoms with E-state index in [9.17, 15) is 4.79 Å². The van der Waals surface area contributed by atoms with Gasteiger partial charge in [-0.25, -0.2) is 4.79 Å². The number of rotatable bonds is 2. The van der Waals surface area contributed by atoms with E-state index in [1.54, 1.807) is 6.20 Å². The highest BCUT2D eigenvalue weighted by Crippen LogP contribution is 2.20. The van der Waals surface area contributed by atoms with Crippen molar-refractivity contribution < 1.29 is 9.53 Å². The van der Waals surface area contributed by atoms with Gasteiger partial charge < -0.3 is 10.1 Å². The van der Waals surface area contributed by atoms with Gasteiger partial charge in [-0.2, -0.15) is 0 Å². The summed E-state index contributed by atoms with van der Waals surface area (Å²) in [4.78, 5) is 17.8. The third kappa shape index (κ3) is 2.62. The molecule has 92 valence electrons. The number of methoxy groups -OCH3 is 1. The molecule has 0 radical (unpaired) electrons. The smallest absolute Gasteiger partial charge is 0.339 e. The number of carbonyl (C=O) groups excluding carboxylic acids is 1. The summed E-state index contributed by atoms with van der Waals surface area (Å²) in [5.41, 5.74) is 1.55. The highest BCUT2D eigenvalue weighted by Gasteiger charge is 2.21. The lowest BCUT2D eigenvalue weighted by Crippen LogP contribution is -2.43. The number of nitrogens with one attached hydrogen (secondary N) is 1. The molecule has 1 saturated heterocycles. The van der Waals surface area contributed by atoms with E-state index in [0.29, 0.717) is 5.56 Å². The van der Waals surface area contributed by atoms with Crippen molar-refractivity contribution in [2.24, 2.45) is 0 Å². The number of nitrogens with zero attached hydrogens (tertiary/aromatic N) is 2. The van der Waals surface area contributed by atoms with Crippen molar-refractivity contribution in [3.05, 3.63) is 29.6 Å². The van der Waals surface area contributed by atoms with Crippen LogP contribution in [0.1, 0.15) is 22.0 Å². The number of carbonyl (C=O) groups is 1. The van der Waals surface area contributed by atoms with E-state index >= 15 is 0 Å². The Morgan fingerprint density at radius 2 is 2.41 bits per heavy atom. The Morgan fingerprint density at radius 1 is 1.59 bits per heavy atom. The Hall–Kier alpha value is -1.46. The van der Waals surface area contributed by atoms with Crippen molar-refractivity contribution in [3.63, 3.8) is 0 Å². The van der Waals surface area contributed by atoms with Crippen molar-refractivity contribution in [3.8, 4) is 0 Å². The lowest BCUT2D eigenvalue weighted by molar-refractivity contribution is 0.0600. The molecule has 1 atom stereocenters. The quantitative estimate of drug-likeness (QED) is 0.754. The summed E-state index contributed by atoms with van der Waals surface area (Å²) < 4.78 is 4.70. The molecular formula is C12H17N3O2. The predicted octanol–water partition coefficient (Wildman–Crippen LogP) is 0.444. The number of ether oxygens (including phenoxy) is 1. The van der Waals surface area contributed by atoms with E-state index in [0.717, 1.165) is 25.2 Å². The van der Waals surface area contributed by atoms with E-state index in [-0.39, 0.29) is 12.0 Å². The normalized spacial score (nSPS) is 21.2. The molecule has 1 fully saturated rings. The van der Waals surface area contributed by atoms with Crippen LogP contribution in [0, 0.1) is 0 Å². The topological polar surface area (TPSA) is 54.5 Å². The Labute approximate surface area is 101 Å². The SMILES string of the molecule is COC(=O)c1cncc(C2CNCCN2C)c1. The zero-order valence-corrected chi connectivity index (χ0v) is 10.1. The fourth-order valence-corrected chi connectivity index (χ4v) is 2.05. The lowest BCUT2D eigenvalue weighted by Gasteiger charge is -2.33. The molecule has 0 aromatic carbocycles. The first-order valence-corrected chi connectivity index (χ1v) is 5.66. The number of likely N-dealkylation sites (N-methyl/N-ethyl adjacent to an activating group) is 1. The second-order valence-electron chi connectivity index (χ2n) is 4.20. The molecule has 1 aliphatic rings. The van der Waals surface area contributed by atoms with Gasteiger partial charge in [-0.3, -0.25) is 9.88 Å². The first-order valence-electron chi connectivity index (χ1n) is 5.66. The minimum absolute atomic E-state index is 0.265. The highest BCUT2D eigenvalue weighted by molar-refractivity contribution is 5.89. The Balaban J connectivity index is 2.23. The van der Waals surface area contributed by atoms with Crippen LogP contribution < -0.4 is 5.32 Å². The number of esters is 1. The Bertz CT molecular complexity index is 408. The first kappa shape index (κ1) is 12.0. The summed E-state index contributed by atoms with van der Waals surface area (Å²) >= 11 is 0. The van der Waals surface area contributed by atoms with Gasteiger partial charge in [-0.15, -0.1) is 0 Å². The van der Waals surface area contributed by atoms with Crippen LogP contribution in [0.3, 0.4) is 0 Å². The monoisotopic (exact) mass is 235 g/mol. The van der Waals surface area contributed by atoms with Crippen LogP contribution >= 0.6 is 0 Å². The first-order chi connectivity index (χ1) is 8.22. The van der Waals surface area contributed by atoms with Gasteiger partial charge in [0.2, 0.25) is 0 Å². The molecule has 5 nitrogen and oxygen atoms in total. The van der Waals surface area contributed by atoms with Crippen LogP contribution in [0.25, 0.3) is 0 Å². The molecule has 5 heteroatoms. The van der Waals surface area contributed by atoms with Crippen LogP contribution in [0.5, 0.6) is 0 Å². The molecule has 2 heterocycles. The zero-order chi connectivity index (χ0) is 12.3.